The van der Waals surface area contributed by atoms with Gasteiger partial charge < -0.3 is 24.7 Å². The van der Waals surface area contributed by atoms with Crippen molar-refractivity contribution in [2.75, 3.05) is 19.7 Å². The lowest BCUT2D eigenvalue weighted by molar-refractivity contribution is -0.158. The summed E-state index contributed by atoms with van der Waals surface area (Å²) < 4.78 is 6.51. The molecule has 1 aliphatic carbocycles. The number of fused-ring (bicyclic) bond motifs is 1. The molecular formula is C24H36N2O6. The molecule has 4 aliphatic rings. The lowest BCUT2D eigenvalue weighted by atomic mass is 9.62. The maximum atomic E-state index is 14.2. The van der Waals surface area contributed by atoms with E-state index in [0.717, 1.165) is 32.1 Å². The minimum absolute atomic E-state index is 0.0846. The Kier molecular flexibility index (Phi) is 6.13. The molecule has 1 spiro atoms. The SMILES string of the molecule is C=CCN(C(=O)C1N(CCCO)C(=O)[C@@H]2[C@H](C(=O)O)[C@@]3(C)OC12CC3C)C1CCCCC1. The average molecular weight is 449 g/mol. The highest BCUT2D eigenvalue weighted by molar-refractivity contribution is 5.98. The molecule has 4 rings (SSSR count). The van der Waals surface area contributed by atoms with E-state index in [9.17, 15) is 24.6 Å². The smallest absolute Gasteiger partial charge is 0.310 e. The number of amides is 2. The monoisotopic (exact) mass is 448 g/mol. The summed E-state index contributed by atoms with van der Waals surface area (Å²) in [5, 5.41) is 19.5. The highest BCUT2D eigenvalue weighted by atomic mass is 16.5. The van der Waals surface area contributed by atoms with Crippen molar-refractivity contribution in [3.63, 3.8) is 0 Å². The third kappa shape index (κ3) is 3.21. The van der Waals surface area contributed by atoms with E-state index in [2.05, 4.69) is 6.58 Å². The van der Waals surface area contributed by atoms with Gasteiger partial charge in [0.15, 0.2) is 0 Å². The summed E-state index contributed by atoms with van der Waals surface area (Å²) in [6.07, 6.45) is 7.62. The summed E-state index contributed by atoms with van der Waals surface area (Å²) in [6.45, 7) is 8.05. The first-order valence-corrected chi connectivity index (χ1v) is 12.0. The molecule has 178 valence electrons. The third-order valence-electron chi connectivity index (χ3n) is 8.50. The summed E-state index contributed by atoms with van der Waals surface area (Å²) in [5.74, 6) is -3.52. The Labute approximate surface area is 189 Å². The van der Waals surface area contributed by atoms with E-state index in [-0.39, 0.29) is 36.9 Å². The summed E-state index contributed by atoms with van der Waals surface area (Å²) in [6, 6.07) is -0.788. The maximum absolute atomic E-state index is 14.2. The van der Waals surface area contributed by atoms with Crippen LogP contribution in [0.1, 0.15) is 58.8 Å². The minimum atomic E-state index is -1.14. The zero-order valence-electron chi connectivity index (χ0n) is 19.2. The van der Waals surface area contributed by atoms with Crippen LogP contribution in [0.25, 0.3) is 0 Å². The van der Waals surface area contributed by atoms with Gasteiger partial charge in [0.2, 0.25) is 11.8 Å². The van der Waals surface area contributed by atoms with Crippen LogP contribution in [0.2, 0.25) is 0 Å². The normalized spacial score (nSPS) is 38.7. The molecule has 8 nitrogen and oxygen atoms in total. The van der Waals surface area contributed by atoms with Crippen molar-refractivity contribution in [1.82, 2.24) is 9.80 Å². The first-order valence-electron chi connectivity index (χ1n) is 12.0. The van der Waals surface area contributed by atoms with Crippen LogP contribution in [0.15, 0.2) is 12.7 Å². The lowest BCUT2D eigenvalue weighted by Crippen LogP contribution is -2.58. The first kappa shape index (κ1) is 23.2. The number of carboxylic acid groups (broad SMARTS) is 1. The molecule has 2 bridgehead atoms. The van der Waals surface area contributed by atoms with Gasteiger partial charge in [-0.25, -0.2) is 0 Å². The first-order chi connectivity index (χ1) is 15.2. The van der Waals surface area contributed by atoms with Crippen molar-refractivity contribution in [2.45, 2.75) is 82.1 Å². The number of rotatable bonds is 8. The summed E-state index contributed by atoms with van der Waals surface area (Å²) in [5.41, 5.74) is -2.13. The van der Waals surface area contributed by atoms with Gasteiger partial charge in [0.05, 0.1) is 11.5 Å². The van der Waals surface area contributed by atoms with Crippen LogP contribution in [0.4, 0.5) is 0 Å². The second kappa shape index (κ2) is 8.45. The molecule has 3 heterocycles. The van der Waals surface area contributed by atoms with Crippen molar-refractivity contribution in [3.8, 4) is 0 Å². The van der Waals surface area contributed by atoms with E-state index in [0.29, 0.717) is 19.4 Å². The molecule has 2 amide bonds. The molecule has 3 aliphatic heterocycles. The molecule has 6 atom stereocenters. The molecule has 0 aromatic carbocycles. The number of carboxylic acids is 1. The zero-order valence-corrected chi connectivity index (χ0v) is 19.2. The second-order valence-corrected chi connectivity index (χ2v) is 10.2. The van der Waals surface area contributed by atoms with Gasteiger partial charge in [-0.15, -0.1) is 6.58 Å². The maximum Gasteiger partial charge on any atom is 0.310 e. The highest BCUT2D eigenvalue weighted by Crippen LogP contribution is 2.65. The number of nitrogens with zero attached hydrogens (tertiary/aromatic N) is 2. The predicted molar refractivity (Wildman–Crippen MR) is 117 cm³/mol. The molecule has 8 heteroatoms. The number of aliphatic hydroxyl groups is 1. The fourth-order valence-corrected chi connectivity index (χ4v) is 6.98. The molecule has 0 radical (unpaired) electrons. The molecule has 2 N–H and O–H groups in total. The summed E-state index contributed by atoms with van der Waals surface area (Å²) >= 11 is 0. The van der Waals surface area contributed by atoms with Gasteiger partial charge in [-0.2, -0.15) is 0 Å². The molecule has 32 heavy (non-hydrogen) atoms. The van der Waals surface area contributed by atoms with Crippen LogP contribution in [0.5, 0.6) is 0 Å². The predicted octanol–water partition coefficient (Wildman–Crippen LogP) is 1.81. The fourth-order valence-electron chi connectivity index (χ4n) is 6.98. The number of likely N-dealkylation sites (tertiary alicyclic amines) is 1. The Balaban J connectivity index is 1.77. The Morgan fingerprint density at radius 1 is 1.31 bits per heavy atom. The van der Waals surface area contributed by atoms with Crippen LogP contribution in [0.3, 0.4) is 0 Å². The fraction of sp³-hybridized carbons (Fsp3) is 0.792. The number of aliphatic carboxylic acids is 1. The van der Waals surface area contributed by atoms with Crippen LogP contribution >= 0.6 is 0 Å². The van der Waals surface area contributed by atoms with E-state index in [4.69, 9.17) is 4.74 Å². The molecule has 0 aromatic heterocycles. The molecule has 3 unspecified atom stereocenters. The van der Waals surface area contributed by atoms with E-state index in [1.807, 2.05) is 11.8 Å². The van der Waals surface area contributed by atoms with Gasteiger partial charge >= 0.3 is 5.97 Å². The summed E-state index contributed by atoms with van der Waals surface area (Å²) in [7, 11) is 0. The van der Waals surface area contributed by atoms with Crippen molar-refractivity contribution in [3.05, 3.63) is 12.7 Å². The van der Waals surface area contributed by atoms with Crippen molar-refractivity contribution in [2.24, 2.45) is 17.8 Å². The number of carbonyl (C=O) groups is 3. The molecule has 0 aromatic rings. The topological polar surface area (TPSA) is 107 Å². The lowest BCUT2D eigenvalue weighted by Gasteiger charge is -2.41. The number of aliphatic hydroxyl groups excluding tert-OH is 1. The second-order valence-electron chi connectivity index (χ2n) is 10.2. The van der Waals surface area contributed by atoms with Gasteiger partial charge in [-0.3, -0.25) is 14.4 Å². The van der Waals surface area contributed by atoms with Gasteiger partial charge in [0.1, 0.15) is 17.6 Å². The summed E-state index contributed by atoms with van der Waals surface area (Å²) in [4.78, 5) is 43.4. The number of carbonyl (C=O) groups excluding carboxylic acids is 2. The van der Waals surface area contributed by atoms with Crippen LogP contribution in [-0.4, -0.2) is 80.8 Å². The molecule has 3 saturated heterocycles. The Hall–Kier alpha value is -1.93. The number of hydrogen-bond donors (Lipinski definition) is 2. The van der Waals surface area contributed by atoms with Crippen LogP contribution in [0, 0.1) is 17.8 Å². The van der Waals surface area contributed by atoms with Gasteiger partial charge in [0, 0.05) is 25.7 Å². The highest BCUT2D eigenvalue weighted by Gasteiger charge is 2.80. The Morgan fingerprint density at radius 2 is 2.00 bits per heavy atom. The van der Waals surface area contributed by atoms with Crippen molar-refractivity contribution < 1.29 is 29.3 Å². The Morgan fingerprint density at radius 3 is 2.59 bits per heavy atom. The average Bonchev–Trinajstić information content (AvgIpc) is 3.27. The van der Waals surface area contributed by atoms with E-state index in [1.165, 1.54) is 4.90 Å². The molecular weight excluding hydrogens is 412 g/mol. The quantitative estimate of drug-likeness (QED) is 0.549. The van der Waals surface area contributed by atoms with Crippen LogP contribution in [-0.2, 0) is 19.1 Å². The van der Waals surface area contributed by atoms with E-state index in [1.54, 1.807) is 13.0 Å². The van der Waals surface area contributed by atoms with Crippen molar-refractivity contribution >= 4 is 17.8 Å². The Bertz CT molecular complexity index is 795. The standard InChI is InChI=1S/C24H36N2O6/c1-4-11-25(16-9-6-5-7-10-16)21(29)19-24-14-15(2)23(3,32-24)18(22(30)31)17(24)20(28)26(19)12-8-13-27/h4,15-19,27H,1,5-14H2,2-3H3,(H,30,31)/t15?,17-,18+,19?,23-,24?/m0/s1. The van der Waals surface area contributed by atoms with E-state index < -0.39 is 35.0 Å². The van der Waals surface area contributed by atoms with Crippen LogP contribution < -0.4 is 0 Å². The van der Waals surface area contributed by atoms with Gasteiger partial charge in [0.25, 0.3) is 0 Å². The van der Waals surface area contributed by atoms with E-state index >= 15 is 0 Å². The molecule has 4 fully saturated rings. The zero-order chi connectivity index (χ0) is 23.3. The van der Waals surface area contributed by atoms with Crippen molar-refractivity contribution in [1.29, 1.82) is 0 Å². The van der Waals surface area contributed by atoms with Gasteiger partial charge in [-0.1, -0.05) is 32.3 Å². The number of hydrogen-bond acceptors (Lipinski definition) is 5. The largest absolute Gasteiger partial charge is 0.481 e. The van der Waals surface area contributed by atoms with Gasteiger partial charge in [-0.05, 0) is 38.5 Å². The number of ether oxygens (including phenoxy) is 1. The minimum Gasteiger partial charge on any atom is -0.481 e. The molecule has 1 saturated carbocycles. The third-order valence-corrected chi connectivity index (χ3v) is 8.50.